The SMILES string of the molecule is COc1cccnc1-c1cc([C@@H](C)OC)c2nc(C(C)C)cn2c1. The zero-order chi connectivity index (χ0) is 17.3. The van der Waals surface area contributed by atoms with Gasteiger partial charge in [0.25, 0.3) is 0 Å². The minimum Gasteiger partial charge on any atom is -0.494 e. The fourth-order valence-electron chi connectivity index (χ4n) is 2.75. The average molecular weight is 325 g/mol. The van der Waals surface area contributed by atoms with Crippen LogP contribution in [0.25, 0.3) is 16.9 Å². The standard InChI is InChI=1S/C19H23N3O2/c1-12(2)16-11-22-10-14(18-17(24-5)7-6-8-20-18)9-15(13(3)23-4)19(22)21-16/h6-13H,1-5H3/t13-/m1/s1. The van der Waals surface area contributed by atoms with E-state index in [0.717, 1.165) is 33.9 Å². The van der Waals surface area contributed by atoms with Crippen molar-refractivity contribution in [2.75, 3.05) is 14.2 Å². The number of ether oxygens (including phenoxy) is 2. The van der Waals surface area contributed by atoms with Crippen LogP contribution in [0.1, 0.15) is 44.1 Å². The van der Waals surface area contributed by atoms with Crippen LogP contribution in [-0.4, -0.2) is 28.6 Å². The van der Waals surface area contributed by atoms with Crippen molar-refractivity contribution >= 4 is 5.65 Å². The molecule has 3 aromatic rings. The fraction of sp³-hybridized carbons (Fsp3) is 0.368. The normalized spacial score (nSPS) is 12.8. The Morgan fingerprint density at radius 1 is 1.12 bits per heavy atom. The Bertz CT molecular complexity index is 855. The van der Waals surface area contributed by atoms with E-state index in [4.69, 9.17) is 14.5 Å². The van der Waals surface area contributed by atoms with Crippen LogP contribution in [-0.2, 0) is 4.74 Å². The van der Waals surface area contributed by atoms with Gasteiger partial charge >= 0.3 is 0 Å². The molecular formula is C19H23N3O2. The third-order valence-electron chi connectivity index (χ3n) is 4.25. The average Bonchev–Trinajstić information content (AvgIpc) is 3.04. The van der Waals surface area contributed by atoms with Gasteiger partial charge in [0.15, 0.2) is 0 Å². The maximum Gasteiger partial charge on any atom is 0.145 e. The van der Waals surface area contributed by atoms with Gasteiger partial charge in [-0.1, -0.05) is 13.8 Å². The molecule has 0 unspecified atom stereocenters. The highest BCUT2D eigenvalue weighted by Gasteiger charge is 2.17. The van der Waals surface area contributed by atoms with Crippen molar-refractivity contribution in [2.24, 2.45) is 0 Å². The van der Waals surface area contributed by atoms with Crippen LogP contribution < -0.4 is 4.74 Å². The number of aromatic nitrogens is 3. The molecule has 3 rings (SSSR count). The van der Waals surface area contributed by atoms with Gasteiger partial charge < -0.3 is 13.9 Å². The first-order valence-corrected chi connectivity index (χ1v) is 8.09. The molecule has 0 fully saturated rings. The summed E-state index contributed by atoms with van der Waals surface area (Å²) >= 11 is 0. The molecule has 0 amide bonds. The van der Waals surface area contributed by atoms with Crippen LogP contribution in [0.5, 0.6) is 5.75 Å². The van der Waals surface area contributed by atoms with E-state index in [2.05, 4.69) is 35.5 Å². The van der Waals surface area contributed by atoms with Crippen molar-refractivity contribution in [3.05, 3.63) is 48.0 Å². The van der Waals surface area contributed by atoms with Crippen molar-refractivity contribution < 1.29 is 9.47 Å². The van der Waals surface area contributed by atoms with Gasteiger partial charge in [-0.05, 0) is 31.0 Å². The summed E-state index contributed by atoms with van der Waals surface area (Å²) in [5.41, 5.74) is 4.81. The molecule has 126 valence electrons. The summed E-state index contributed by atoms with van der Waals surface area (Å²) in [6.07, 6.45) is 5.83. The Morgan fingerprint density at radius 3 is 2.58 bits per heavy atom. The second kappa shape index (κ2) is 6.61. The molecule has 0 aliphatic rings. The fourth-order valence-corrected chi connectivity index (χ4v) is 2.75. The van der Waals surface area contributed by atoms with Gasteiger partial charge in [0.05, 0.1) is 18.9 Å². The van der Waals surface area contributed by atoms with E-state index in [1.807, 2.05) is 25.3 Å². The molecule has 0 aliphatic carbocycles. The summed E-state index contributed by atoms with van der Waals surface area (Å²) in [6.45, 7) is 6.31. The van der Waals surface area contributed by atoms with E-state index in [9.17, 15) is 0 Å². The summed E-state index contributed by atoms with van der Waals surface area (Å²) in [5, 5.41) is 0. The van der Waals surface area contributed by atoms with E-state index in [-0.39, 0.29) is 6.10 Å². The topological polar surface area (TPSA) is 48.7 Å². The Balaban J connectivity index is 2.26. The molecule has 0 radical (unpaired) electrons. The molecule has 0 spiro atoms. The number of methoxy groups -OCH3 is 2. The number of nitrogens with zero attached hydrogens (tertiary/aromatic N) is 3. The van der Waals surface area contributed by atoms with Gasteiger partial charge in [-0.2, -0.15) is 0 Å². The smallest absolute Gasteiger partial charge is 0.145 e. The number of pyridine rings is 2. The zero-order valence-corrected chi connectivity index (χ0v) is 14.8. The third kappa shape index (κ3) is 2.87. The van der Waals surface area contributed by atoms with Crippen LogP contribution in [0.3, 0.4) is 0 Å². The van der Waals surface area contributed by atoms with Gasteiger partial charge in [0.1, 0.15) is 17.1 Å². The highest BCUT2D eigenvalue weighted by molar-refractivity contribution is 5.69. The van der Waals surface area contributed by atoms with E-state index in [1.54, 1.807) is 20.4 Å². The lowest BCUT2D eigenvalue weighted by Crippen LogP contribution is -2.02. The summed E-state index contributed by atoms with van der Waals surface area (Å²) in [6, 6.07) is 5.87. The predicted molar refractivity (Wildman–Crippen MR) is 94.5 cm³/mol. The van der Waals surface area contributed by atoms with E-state index >= 15 is 0 Å². The van der Waals surface area contributed by atoms with Gasteiger partial charge in [0.2, 0.25) is 0 Å². The first-order valence-electron chi connectivity index (χ1n) is 8.09. The maximum absolute atomic E-state index is 5.56. The van der Waals surface area contributed by atoms with Crippen LogP contribution in [0.15, 0.2) is 36.8 Å². The largest absolute Gasteiger partial charge is 0.494 e. The molecule has 0 bridgehead atoms. The molecule has 5 nitrogen and oxygen atoms in total. The second-order valence-corrected chi connectivity index (χ2v) is 6.17. The molecule has 3 aromatic heterocycles. The molecular weight excluding hydrogens is 302 g/mol. The van der Waals surface area contributed by atoms with Crippen molar-refractivity contribution in [3.8, 4) is 17.0 Å². The summed E-state index contributed by atoms with van der Waals surface area (Å²) < 4.78 is 13.1. The van der Waals surface area contributed by atoms with Crippen molar-refractivity contribution in [1.29, 1.82) is 0 Å². The zero-order valence-electron chi connectivity index (χ0n) is 14.8. The van der Waals surface area contributed by atoms with Crippen molar-refractivity contribution in [1.82, 2.24) is 14.4 Å². The lowest BCUT2D eigenvalue weighted by Gasteiger charge is -2.14. The second-order valence-electron chi connectivity index (χ2n) is 6.17. The van der Waals surface area contributed by atoms with Crippen LogP contribution in [0, 0.1) is 0 Å². The lowest BCUT2D eigenvalue weighted by atomic mass is 10.1. The third-order valence-corrected chi connectivity index (χ3v) is 4.25. The van der Waals surface area contributed by atoms with E-state index < -0.39 is 0 Å². The Morgan fingerprint density at radius 2 is 1.92 bits per heavy atom. The summed E-state index contributed by atoms with van der Waals surface area (Å²) in [4.78, 5) is 9.29. The number of hydrogen-bond donors (Lipinski definition) is 0. The molecule has 0 saturated heterocycles. The Labute approximate surface area is 142 Å². The summed E-state index contributed by atoms with van der Waals surface area (Å²) in [7, 11) is 3.37. The monoisotopic (exact) mass is 325 g/mol. The molecule has 0 N–H and O–H groups in total. The predicted octanol–water partition coefficient (Wildman–Crippen LogP) is 4.24. The summed E-state index contributed by atoms with van der Waals surface area (Å²) in [5.74, 6) is 1.11. The molecule has 0 aliphatic heterocycles. The number of rotatable bonds is 5. The number of hydrogen-bond acceptors (Lipinski definition) is 4. The minimum atomic E-state index is -0.0652. The quantitative estimate of drug-likeness (QED) is 0.704. The van der Waals surface area contributed by atoms with Crippen molar-refractivity contribution in [2.45, 2.75) is 32.8 Å². The van der Waals surface area contributed by atoms with Crippen molar-refractivity contribution in [3.63, 3.8) is 0 Å². The Hall–Kier alpha value is -2.40. The molecule has 5 heteroatoms. The first-order chi connectivity index (χ1) is 11.5. The van der Waals surface area contributed by atoms with Crippen LogP contribution in [0.4, 0.5) is 0 Å². The first kappa shape index (κ1) is 16.5. The van der Waals surface area contributed by atoms with Crippen LogP contribution >= 0.6 is 0 Å². The van der Waals surface area contributed by atoms with E-state index in [0.29, 0.717) is 5.92 Å². The molecule has 1 atom stereocenters. The van der Waals surface area contributed by atoms with E-state index in [1.165, 1.54) is 0 Å². The number of imidazole rings is 1. The minimum absolute atomic E-state index is 0.0652. The maximum atomic E-state index is 5.56. The molecule has 0 saturated carbocycles. The molecule has 3 heterocycles. The van der Waals surface area contributed by atoms with Gasteiger partial charge in [-0.15, -0.1) is 0 Å². The highest BCUT2D eigenvalue weighted by atomic mass is 16.5. The molecule has 24 heavy (non-hydrogen) atoms. The highest BCUT2D eigenvalue weighted by Crippen LogP contribution is 2.32. The van der Waals surface area contributed by atoms with Gasteiger partial charge in [-0.25, -0.2) is 4.98 Å². The molecule has 0 aromatic carbocycles. The lowest BCUT2D eigenvalue weighted by molar-refractivity contribution is 0.120. The number of fused-ring (bicyclic) bond motifs is 1. The van der Waals surface area contributed by atoms with Crippen LogP contribution in [0.2, 0.25) is 0 Å². The Kier molecular flexibility index (Phi) is 4.53. The van der Waals surface area contributed by atoms with Gasteiger partial charge in [0, 0.05) is 36.8 Å². The van der Waals surface area contributed by atoms with Gasteiger partial charge in [-0.3, -0.25) is 4.98 Å².